The van der Waals surface area contributed by atoms with E-state index in [2.05, 4.69) is 6.58 Å². The van der Waals surface area contributed by atoms with Gasteiger partial charge in [-0.25, -0.2) is 22.3 Å². The number of benzene rings is 3. The van der Waals surface area contributed by atoms with Gasteiger partial charge in [0.25, 0.3) is 0 Å². The number of piperidine rings is 2. The summed E-state index contributed by atoms with van der Waals surface area (Å²) >= 11 is 6.05. The van der Waals surface area contributed by atoms with Crippen LogP contribution in [0.3, 0.4) is 0 Å². The summed E-state index contributed by atoms with van der Waals surface area (Å²) < 4.78 is 53.8. The monoisotopic (exact) mass is 752 g/mol. The summed E-state index contributed by atoms with van der Waals surface area (Å²) in [5.41, 5.74) is 1.95. The molecule has 3 fully saturated rings. The van der Waals surface area contributed by atoms with Crippen LogP contribution in [0.5, 0.6) is 17.2 Å². The summed E-state index contributed by atoms with van der Waals surface area (Å²) in [4.78, 5) is 25.7. The molecule has 0 saturated carbocycles. The first kappa shape index (κ1) is 37.7. The van der Waals surface area contributed by atoms with Gasteiger partial charge in [0.05, 0.1) is 18.0 Å². The zero-order valence-electron chi connectivity index (χ0n) is 29.2. The molecule has 0 radical (unpaired) electrons. The molecule has 3 aromatic carbocycles. The summed E-state index contributed by atoms with van der Waals surface area (Å²) in [5, 5.41) is 9.34. The van der Waals surface area contributed by atoms with Crippen LogP contribution in [0, 0.1) is 11.3 Å². The standard InChI is InChI=1S/C39H45ClN2O9S/c1-27(2)34-22-39(26-50-37(34)33-21-31(13-14-35(33)48-24-36(43)44)51-30-11-9-29(40)10-12-30)17-6-18-42(25-39)52(46,47)32-15-19-41(20-16-32)38(45)49-23-28-7-4-3-5-8-28/h3-5,7-14,21,32,34,37H,1,6,15-20,22-26H2,2H3,(H,43,44)/t34-,37-,39+/m1/s1. The second kappa shape index (κ2) is 16.3. The third-order valence-corrected chi connectivity index (χ3v) is 12.8. The van der Waals surface area contributed by atoms with Gasteiger partial charge in [-0.1, -0.05) is 54.1 Å². The van der Waals surface area contributed by atoms with E-state index in [0.29, 0.717) is 86.3 Å². The first-order valence-corrected chi connectivity index (χ1v) is 19.4. The molecule has 0 aliphatic carbocycles. The Kier molecular flexibility index (Phi) is 11.8. The Morgan fingerprint density at radius 2 is 1.73 bits per heavy atom. The third kappa shape index (κ3) is 8.91. The van der Waals surface area contributed by atoms with Gasteiger partial charge in [0, 0.05) is 48.1 Å². The lowest BCUT2D eigenvalue weighted by Crippen LogP contribution is -2.54. The van der Waals surface area contributed by atoms with Gasteiger partial charge in [0.2, 0.25) is 10.0 Å². The lowest BCUT2D eigenvalue weighted by atomic mass is 9.69. The molecule has 3 saturated heterocycles. The van der Waals surface area contributed by atoms with Gasteiger partial charge in [0.1, 0.15) is 23.9 Å². The van der Waals surface area contributed by atoms with E-state index in [9.17, 15) is 23.1 Å². The number of carbonyl (C=O) groups is 2. The molecule has 0 unspecified atom stereocenters. The lowest BCUT2D eigenvalue weighted by Gasteiger charge is -2.50. The van der Waals surface area contributed by atoms with E-state index in [1.807, 2.05) is 37.3 Å². The van der Waals surface area contributed by atoms with Gasteiger partial charge in [-0.15, -0.1) is 0 Å². The molecule has 3 atom stereocenters. The summed E-state index contributed by atoms with van der Waals surface area (Å²) in [6.45, 7) is 7.55. The second-order valence-corrected chi connectivity index (χ2v) is 16.7. The van der Waals surface area contributed by atoms with Crippen LogP contribution in [0.2, 0.25) is 5.02 Å². The van der Waals surface area contributed by atoms with Crippen LogP contribution in [0.4, 0.5) is 4.79 Å². The highest BCUT2D eigenvalue weighted by Gasteiger charge is 2.48. The van der Waals surface area contributed by atoms with Crippen LogP contribution < -0.4 is 9.47 Å². The van der Waals surface area contributed by atoms with E-state index >= 15 is 0 Å². The predicted molar refractivity (Wildman–Crippen MR) is 196 cm³/mol. The topological polar surface area (TPSA) is 132 Å². The van der Waals surface area contributed by atoms with Gasteiger partial charge >= 0.3 is 12.1 Å². The quantitative estimate of drug-likeness (QED) is 0.198. The van der Waals surface area contributed by atoms with E-state index in [-0.39, 0.29) is 12.5 Å². The Labute approximate surface area is 310 Å². The smallest absolute Gasteiger partial charge is 0.410 e. The molecule has 1 spiro atoms. The molecule has 52 heavy (non-hydrogen) atoms. The van der Waals surface area contributed by atoms with Crippen molar-refractivity contribution in [3.05, 3.63) is 101 Å². The van der Waals surface area contributed by atoms with Crippen LogP contribution >= 0.6 is 11.6 Å². The van der Waals surface area contributed by atoms with Crippen LogP contribution in [-0.4, -0.2) is 79.4 Å². The minimum atomic E-state index is -3.65. The molecule has 13 heteroatoms. The first-order chi connectivity index (χ1) is 24.9. The number of amides is 1. The lowest BCUT2D eigenvalue weighted by molar-refractivity contribution is -0.139. The summed E-state index contributed by atoms with van der Waals surface area (Å²) in [5.74, 6) is 0.131. The highest BCUT2D eigenvalue weighted by molar-refractivity contribution is 7.89. The maximum absolute atomic E-state index is 14.1. The fourth-order valence-corrected chi connectivity index (χ4v) is 9.69. The van der Waals surface area contributed by atoms with E-state index in [1.54, 1.807) is 51.7 Å². The second-order valence-electron chi connectivity index (χ2n) is 14.0. The van der Waals surface area contributed by atoms with Gasteiger partial charge in [0.15, 0.2) is 6.61 Å². The average Bonchev–Trinajstić information content (AvgIpc) is 3.14. The van der Waals surface area contributed by atoms with Crippen LogP contribution in [0.15, 0.2) is 84.9 Å². The first-order valence-electron chi connectivity index (χ1n) is 17.6. The fourth-order valence-electron chi connectivity index (χ4n) is 7.50. The molecule has 3 aliphatic rings. The summed E-state index contributed by atoms with van der Waals surface area (Å²) in [7, 11) is -3.65. The van der Waals surface area contributed by atoms with Crippen molar-refractivity contribution in [2.24, 2.45) is 11.3 Å². The van der Waals surface area contributed by atoms with Crippen molar-refractivity contribution in [3.63, 3.8) is 0 Å². The number of likely N-dealkylation sites (tertiary alicyclic amines) is 1. The largest absolute Gasteiger partial charge is 0.482 e. The number of carboxylic acids is 1. The number of ether oxygens (including phenoxy) is 4. The van der Waals surface area contributed by atoms with Crippen molar-refractivity contribution in [1.82, 2.24) is 9.21 Å². The van der Waals surface area contributed by atoms with E-state index in [4.69, 9.17) is 30.5 Å². The Morgan fingerprint density at radius 3 is 2.42 bits per heavy atom. The predicted octanol–water partition coefficient (Wildman–Crippen LogP) is 7.46. The maximum atomic E-state index is 14.1. The van der Waals surface area contributed by atoms with Gasteiger partial charge in [-0.05, 0) is 87.1 Å². The maximum Gasteiger partial charge on any atom is 0.410 e. The van der Waals surface area contributed by atoms with Crippen LogP contribution in [0.1, 0.15) is 56.3 Å². The molecule has 3 aliphatic heterocycles. The summed E-state index contributed by atoms with van der Waals surface area (Å²) in [6, 6.07) is 21.6. The van der Waals surface area contributed by atoms with Crippen molar-refractivity contribution in [2.75, 3.05) is 39.4 Å². The molecule has 3 aromatic rings. The minimum absolute atomic E-state index is 0.168. The number of halogens is 1. The molecule has 11 nitrogen and oxygen atoms in total. The number of hydrogen-bond acceptors (Lipinski definition) is 8. The minimum Gasteiger partial charge on any atom is -0.482 e. The number of carbonyl (C=O) groups excluding carboxylic acids is 1. The molecule has 1 amide bonds. The average molecular weight is 753 g/mol. The third-order valence-electron chi connectivity index (χ3n) is 10.2. The molecule has 0 bridgehead atoms. The van der Waals surface area contributed by atoms with Crippen molar-refractivity contribution < 1.29 is 42.1 Å². The molecular weight excluding hydrogens is 708 g/mol. The van der Waals surface area contributed by atoms with Gasteiger partial charge in [-0.3, -0.25) is 0 Å². The van der Waals surface area contributed by atoms with E-state index in [0.717, 1.165) is 17.6 Å². The number of sulfonamides is 1. The van der Waals surface area contributed by atoms with Crippen molar-refractivity contribution in [3.8, 4) is 17.2 Å². The van der Waals surface area contributed by atoms with Crippen LogP contribution in [-0.2, 0) is 30.9 Å². The zero-order chi connectivity index (χ0) is 36.9. The van der Waals surface area contributed by atoms with Crippen molar-refractivity contribution in [1.29, 1.82) is 0 Å². The number of hydrogen-bond donors (Lipinski definition) is 1. The Morgan fingerprint density at radius 1 is 1.02 bits per heavy atom. The molecule has 0 aromatic heterocycles. The number of aliphatic carboxylic acids is 1. The Bertz CT molecular complexity index is 1850. The zero-order valence-corrected chi connectivity index (χ0v) is 30.8. The Hall–Kier alpha value is -4.10. The highest BCUT2D eigenvalue weighted by atomic mass is 35.5. The fraction of sp³-hybridized carbons (Fsp3) is 0.436. The summed E-state index contributed by atoms with van der Waals surface area (Å²) in [6.07, 6.45) is 1.83. The van der Waals surface area contributed by atoms with Crippen molar-refractivity contribution >= 4 is 33.7 Å². The van der Waals surface area contributed by atoms with Crippen molar-refractivity contribution in [2.45, 2.75) is 57.0 Å². The number of rotatable bonds is 11. The number of nitrogens with zero attached hydrogens (tertiary/aromatic N) is 2. The SMILES string of the molecule is C=C(C)[C@H]1C[C@]2(CCCN(S(=O)(=O)C3CCN(C(=O)OCc4ccccc4)CC3)C2)CO[C@@H]1c1cc(Oc2ccc(Cl)cc2)ccc1OCC(=O)O. The molecular formula is C39H45ClN2O9S. The van der Waals surface area contributed by atoms with Gasteiger partial charge < -0.3 is 29.0 Å². The Balaban J connectivity index is 1.14. The van der Waals surface area contributed by atoms with Gasteiger partial charge in [-0.2, -0.15) is 0 Å². The highest BCUT2D eigenvalue weighted by Crippen LogP contribution is 2.51. The normalized spacial score (nSPS) is 22.8. The van der Waals surface area contributed by atoms with Crippen LogP contribution in [0.25, 0.3) is 0 Å². The molecule has 278 valence electrons. The van der Waals surface area contributed by atoms with E-state index < -0.39 is 45.5 Å². The molecule has 3 heterocycles. The number of carboxylic acid groups (broad SMARTS) is 1. The molecule has 6 rings (SSSR count). The molecule has 1 N–H and O–H groups in total. The van der Waals surface area contributed by atoms with E-state index in [1.165, 1.54) is 0 Å².